The lowest BCUT2D eigenvalue weighted by Crippen LogP contribution is -2.46. The summed E-state index contributed by atoms with van der Waals surface area (Å²) in [5, 5.41) is 6.55. The van der Waals surface area contributed by atoms with Gasteiger partial charge in [0.25, 0.3) is 0 Å². The summed E-state index contributed by atoms with van der Waals surface area (Å²) in [4.78, 5) is 18.0. The lowest BCUT2D eigenvalue weighted by Gasteiger charge is -2.35. The van der Waals surface area contributed by atoms with Crippen LogP contribution in [0.5, 0.6) is 0 Å². The summed E-state index contributed by atoms with van der Waals surface area (Å²) in [5.74, 6) is 0.247. The molecule has 0 spiro atoms. The number of aliphatic imine (C=N–C) groups is 1. The largest absolute Gasteiger partial charge is 0.466 e. The molecule has 2 rings (SSSR count). The van der Waals surface area contributed by atoms with Gasteiger partial charge in [-0.3, -0.25) is 14.7 Å². The second-order valence-corrected chi connectivity index (χ2v) is 6.50. The molecule has 7 nitrogen and oxygen atoms in total. The third-order valence-corrected chi connectivity index (χ3v) is 4.58. The van der Waals surface area contributed by atoms with Gasteiger partial charge in [0.1, 0.15) is 5.82 Å². The Labute approximate surface area is 166 Å². The van der Waals surface area contributed by atoms with Gasteiger partial charge >= 0.3 is 5.97 Å². The van der Waals surface area contributed by atoms with Crippen LogP contribution in [0.2, 0.25) is 0 Å². The van der Waals surface area contributed by atoms with Crippen LogP contribution in [0.1, 0.15) is 31.4 Å². The van der Waals surface area contributed by atoms with Gasteiger partial charge in [-0.1, -0.05) is 12.1 Å². The first-order valence-corrected chi connectivity index (χ1v) is 9.81. The Hall–Kier alpha value is -2.19. The number of rotatable bonds is 9. The Bertz CT molecular complexity index is 618. The minimum Gasteiger partial charge on any atom is -0.466 e. The van der Waals surface area contributed by atoms with E-state index in [1.807, 2.05) is 12.1 Å². The Morgan fingerprint density at radius 1 is 1.29 bits per heavy atom. The smallest absolute Gasteiger partial charge is 0.305 e. The molecule has 1 aromatic rings. The maximum absolute atomic E-state index is 13.3. The van der Waals surface area contributed by atoms with E-state index in [2.05, 4.69) is 20.5 Å². The van der Waals surface area contributed by atoms with E-state index in [-0.39, 0.29) is 17.8 Å². The minimum atomic E-state index is -0.239. The van der Waals surface area contributed by atoms with Crippen molar-refractivity contribution in [1.29, 1.82) is 0 Å². The molecular weight excluding hydrogens is 363 g/mol. The first kappa shape index (κ1) is 22.1. The number of morpholine rings is 1. The SMILES string of the molecule is CCOC(=O)CCCNC(=NC)NCC(c1ccc(F)cc1)N1CCOCC1. The number of benzene rings is 1. The quantitative estimate of drug-likeness (QED) is 0.287. The Morgan fingerprint density at radius 3 is 2.64 bits per heavy atom. The van der Waals surface area contributed by atoms with Gasteiger partial charge in [0.05, 0.1) is 25.9 Å². The van der Waals surface area contributed by atoms with E-state index in [1.54, 1.807) is 14.0 Å². The third kappa shape index (κ3) is 7.44. The lowest BCUT2D eigenvalue weighted by molar-refractivity contribution is -0.143. The van der Waals surface area contributed by atoms with Gasteiger partial charge in [-0.05, 0) is 31.0 Å². The summed E-state index contributed by atoms with van der Waals surface area (Å²) in [6, 6.07) is 6.72. The summed E-state index contributed by atoms with van der Waals surface area (Å²) in [6.45, 7) is 6.50. The second kappa shape index (κ2) is 12.3. The second-order valence-electron chi connectivity index (χ2n) is 6.50. The molecule has 1 aliphatic heterocycles. The highest BCUT2D eigenvalue weighted by atomic mass is 19.1. The van der Waals surface area contributed by atoms with Gasteiger partial charge < -0.3 is 20.1 Å². The molecule has 1 atom stereocenters. The third-order valence-electron chi connectivity index (χ3n) is 4.58. The van der Waals surface area contributed by atoms with Crippen molar-refractivity contribution >= 4 is 11.9 Å². The molecular formula is C20H31FN4O3. The van der Waals surface area contributed by atoms with Crippen molar-refractivity contribution in [2.45, 2.75) is 25.8 Å². The zero-order chi connectivity index (χ0) is 20.2. The summed E-state index contributed by atoms with van der Waals surface area (Å²) in [5.41, 5.74) is 1.05. The summed E-state index contributed by atoms with van der Waals surface area (Å²) >= 11 is 0. The minimum absolute atomic E-state index is 0.0857. The van der Waals surface area contributed by atoms with E-state index in [0.29, 0.717) is 51.7 Å². The first-order valence-electron chi connectivity index (χ1n) is 9.81. The monoisotopic (exact) mass is 394 g/mol. The number of guanidine groups is 1. The van der Waals surface area contributed by atoms with E-state index in [0.717, 1.165) is 18.7 Å². The van der Waals surface area contributed by atoms with E-state index < -0.39 is 0 Å². The fourth-order valence-corrected chi connectivity index (χ4v) is 3.12. The van der Waals surface area contributed by atoms with E-state index >= 15 is 0 Å². The van der Waals surface area contributed by atoms with Crippen molar-refractivity contribution in [3.05, 3.63) is 35.6 Å². The van der Waals surface area contributed by atoms with Crippen molar-refractivity contribution in [3.63, 3.8) is 0 Å². The van der Waals surface area contributed by atoms with Gasteiger partial charge in [-0.25, -0.2) is 4.39 Å². The maximum Gasteiger partial charge on any atom is 0.305 e. The molecule has 8 heteroatoms. The predicted molar refractivity (Wildman–Crippen MR) is 107 cm³/mol. The molecule has 1 saturated heterocycles. The average Bonchev–Trinajstić information content (AvgIpc) is 2.72. The van der Waals surface area contributed by atoms with Crippen LogP contribution in [-0.4, -0.2) is 69.9 Å². The fourth-order valence-electron chi connectivity index (χ4n) is 3.12. The van der Waals surface area contributed by atoms with Gasteiger partial charge in [-0.2, -0.15) is 0 Å². The molecule has 0 aliphatic carbocycles. The number of carbonyl (C=O) groups excluding carboxylic acids is 1. The van der Waals surface area contributed by atoms with Gasteiger partial charge in [-0.15, -0.1) is 0 Å². The van der Waals surface area contributed by atoms with Crippen LogP contribution in [0.4, 0.5) is 4.39 Å². The fraction of sp³-hybridized carbons (Fsp3) is 0.600. The Kier molecular flexibility index (Phi) is 9.71. The van der Waals surface area contributed by atoms with Gasteiger partial charge in [0.2, 0.25) is 0 Å². The van der Waals surface area contributed by atoms with Crippen molar-refractivity contribution in [3.8, 4) is 0 Å². The maximum atomic E-state index is 13.3. The molecule has 0 amide bonds. The average molecular weight is 394 g/mol. The molecule has 0 radical (unpaired) electrons. The van der Waals surface area contributed by atoms with Gasteiger partial charge in [0, 0.05) is 39.6 Å². The highest BCUT2D eigenvalue weighted by Crippen LogP contribution is 2.21. The number of nitrogens with zero attached hydrogens (tertiary/aromatic N) is 2. The number of ether oxygens (including phenoxy) is 2. The molecule has 1 unspecified atom stereocenters. The zero-order valence-electron chi connectivity index (χ0n) is 16.7. The summed E-state index contributed by atoms with van der Waals surface area (Å²) in [6.07, 6.45) is 1.05. The molecule has 156 valence electrons. The molecule has 1 fully saturated rings. The predicted octanol–water partition coefficient (Wildman–Crippen LogP) is 1.71. The number of hydrogen-bond acceptors (Lipinski definition) is 5. The molecule has 1 heterocycles. The van der Waals surface area contributed by atoms with Crippen molar-refractivity contribution in [1.82, 2.24) is 15.5 Å². The molecule has 1 aliphatic rings. The Balaban J connectivity index is 1.87. The normalized spacial score (nSPS) is 16.5. The lowest BCUT2D eigenvalue weighted by atomic mass is 10.0. The summed E-state index contributed by atoms with van der Waals surface area (Å²) in [7, 11) is 1.71. The van der Waals surface area contributed by atoms with Crippen LogP contribution in [0.3, 0.4) is 0 Å². The van der Waals surface area contributed by atoms with Crippen LogP contribution in [-0.2, 0) is 14.3 Å². The molecule has 0 bridgehead atoms. The van der Waals surface area contributed by atoms with Crippen LogP contribution < -0.4 is 10.6 Å². The number of esters is 1. The number of nitrogens with one attached hydrogen (secondary N) is 2. The van der Waals surface area contributed by atoms with Gasteiger partial charge in [0.15, 0.2) is 5.96 Å². The first-order chi connectivity index (χ1) is 13.6. The molecule has 28 heavy (non-hydrogen) atoms. The number of hydrogen-bond donors (Lipinski definition) is 2. The number of halogens is 1. The van der Waals surface area contributed by atoms with Crippen molar-refractivity contribution < 1.29 is 18.7 Å². The highest BCUT2D eigenvalue weighted by Gasteiger charge is 2.23. The van der Waals surface area contributed by atoms with Crippen LogP contribution in [0.25, 0.3) is 0 Å². The van der Waals surface area contributed by atoms with Crippen molar-refractivity contribution in [2.24, 2.45) is 4.99 Å². The number of carbonyl (C=O) groups is 1. The zero-order valence-corrected chi connectivity index (χ0v) is 16.7. The molecule has 0 saturated carbocycles. The topological polar surface area (TPSA) is 75.2 Å². The Morgan fingerprint density at radius 2 is 2.00 bits per heavy atom. The standard InChI is InChI=1S/C20H31FN4O3/c1-3-28-19(26)5-4-10-23-20(22-2)24-15-18(25-11-13-27-14-12-25)16-6-8-17(21)9-7-16/h6-9,18H,3-5,10-15H2,1-2H3,(H2,22,23,24). The highest BCUT2D eigenvalue weighted by molar-refractivity contribution is 5.79. The van der Waals surface area contributed by atoms with Crippen molar-refractivity contribution in [2.75, 3.05) is 53.0 Å². The summed E-state index contributed by atoms with van der Waals surface area (Å²) < 4.78 is 23.7. The van der Waals surface area contributed by atoms with E-state index in [9.17, 15) is 9.18 Å². The van der Waals surface area contributed by atoms with E-state index in [4.69, 9.17) is 9.47 Å². The molecule has 1 aromatic carbocycles. The molecule has 2 N–H and O–H groups in total. The van der Waals surface area contributed by atoms with Crippen LogP contribution in [0, 0.1) is 5.82 Å². The van der Waals surface area contributed by atoms with Crippen LogP contribution >= 0.6 is 0 Å². The van der Waals surface area contributed by atoms with E-state index in [1.165, 1.54) is 12.1 Å². The van der Waals surface area contributed by atoms with Crippen LogP contribution in [0.15, 0.2) is 29.3 Å². The molecule has 0 aromatic heterocycles.